The number of aromatic nitrogens is 1. The van der Waals surface area contributed by atoms with Crippen LogP contribution in [0.1, 0.15) is 65.6 Å². The molecule has 194 valence electrons. The monoisotopic (exact) mass is 499 g/mol. The van der Waals surface area contributed by atoms with Crippen LogP contribution in [-0.4, -0.2) is 66.6 Å². The maximum Gasteiger partial charge on any atom is 0.253 e. The summed E-state index contributed by atoms with van der Waals surface area (Å²) in [6.45, 7) is 2.98. The molecule has 6 rings (SSSR count). The van der Waals surface area contributed by atoms with Gasteiger partial charge in [0.1, 0.15) is 0 Å². The minimum atomic E-state index is 0.00354. The third-order valence-electron chi connectivity index (χ3n) is 8.60. The van der Waals surface area contributed by atoms with Crippen molar-refractivity contribution in [3.05, 3.63) is 71.0 Å². The Morgan fingerprint density at radius 3 is 2.51 bits per heavy atom. The normalized spacial score (nSPS) is 23.8. The number of hydrogen-bond donors (Lipinski definition) is 0. The van der Waals surface area contributed by atoms with Crippen LogP contribution in [0.5, 0.6) is 0 Å². The second kappa shape index (κ2) is 9.97. The molecular formula is C31H37N3O3. The van der Waals surface area contributed by atoms with Crippen molar-refractivity contribution in [3.63, 3.8) is 0 Å². The largest absolute Gasteiger partial charge is 0.378 e. The Morgan fingerprint density at radius 1 is 1.00 bits per heavy atom. The Bertz CT molecular complexity index is 1300. The zero-order valence-corrected chi connectivity index (χ0v) is 22.0. The number of carbonyl (C=O) groups is 2. The van der Waals surface area contributed by atoms with Gasteiger partial charge in [0.25, 0.3) is 11.8 Å². The van der Waals surface area contributed by atoms with Crippen LogP contribution >= 0.6 is 0 Å². The first-order chi connectivity index (χ1) is 18.0. The van der Waals surface area contributed by atoms with Gasteiger partial charge < -0.3 is 19.1 Å². The molecule has 2 amide bonds. The van der Waals surface area contributed by atoms with Crippen molar-refractivity contribution in [3.8, 4) is 0 Å². The summed E-state index contributed by atoms with van der Waals surface area (Å²) in [5.41, 5.74) is 5.39. The van der Waals surface area contributed by atoms with Crippen LogP contribution in [0.25, 0.3) is 10.9 Å². The van der Waals surface area contributed by atoms with Crippen molar-refractivity contribution in [2.75, 3.05) is 40.4 Å². The number of carbonyl (C=O) groups excluding carboxylic acids is 2. The molecular weight excluding hydrogens is 462 g/mol. The molecule has 0 bridgehead atoms. The van der Waals surface area contributed by atoms with E-state index in [0.717, 1.165) is 11.1 Å². The van der Waals surface area contributed by atoms with E-state index < -0.39 is 0 Å². The number of fused-ring (bicyclic) bond motifs is 5. The minimum Gasteiger partial charge on any atom is -0.378 e. The zero-order chi connectivity index (χ0) is 25.5. The Labute approximate surface area is 219 Å². The lowest BCUT2D eigenvalue weighted by molar-refractivity contribution is -0.131. The summed E-state index contributed by atoms with van der Waals surface area (Å²) in [6.07, 6.45) is 17.3. The molecule has 6 nitrogen and oxygen atoms in total. The van der Waals surface area contributed by atoms with Crippen LogP contribution in [0.3, 0.4) is 0 Å². The van der Waals surface area contributed by atoms with Crippen LogP contribution < -0.4 is 0 Å². The maximum absolute atomic E-state index is 13.8. The first-order valence-corrected chi connectivity index (χ1v) is 13.8. The van der Waals surface area contributed by atoms with Crippen LogP contribution in [0.15, 0.2) is 54.2 Å². The molecule has 2 aliphatic heterocycles. The van der Waals surface area contributed by atoms with Gasteiger partial charge >= 0.3 is 0 Å². The van der Waals surface area contributed by atoms with E-state index >= 15 is 0 Å². The fourth-order valence-electron chi connectivity index (χ4n) is 6.76. The summed E-state index contributed by atoms with van der Waals surface area (Å²) in [7, 11) is 3.59. The molecule has 0 spiro atoms. The van der Waals surface area contributed by atoms with Gasteiger partial charge in [-0.25, -0.2) is 0 Å². The van der Waals surface area contributed by atoms with Crippen LogP contribution in [0.2, 0.25) is 0 Å². The molecule has 1 saturated heterocycles. The molecule has 2 aliphatic carbocycles. The SMILES string of the molecule is CN(C)C(=O)c1ccc2c(C3CCCCC3)c3n(c2c1)CC(C(=O)N1CCOCC1)=CC1C=CC=CC31. The highest BCUT2D eigenvalue weighted by atomic mass is 16.5. The lowest BCUT2D eigenvalue weighted by atomic mass is 9.77. The van der Waals surface area contributed by atoms with E-state index in [1.54, 1.807) is 19.0 Å². The predicted molar refractivity (Wildman–Crippen MR) is 146 cm³/mol. The lowest BCUT2D eigenvalue weighted by Gasteiger charge is -2.28. The molecule has 37 heavy (non-hydrogen) atoms. The van der Waals surface area contributed by atoms with Crippen molar-refractivity contribution in [1.29, 1.82) is 0 Å². The van der Waals surface area contributed by atoms with Crippen molar-refractivity contribution < 1.29 is 14.3 Å². The second-order valence-corrected chi connectivity index (χ2v) is 11.1. The topological polar surface area (TPSA) is 54.8 Å². The third kappa shape index (κ3) is 4.35. The van der Waals surface area contributed by atoms with E-state index in [4.69, 9.17) is 4.74 Å². The Morgan fingerprint density at radius 2 is 1.76 bits per heavy atom. The molecule has 4 aliphatic rings. The first-order valence-electron chi connectivity index (χ1n) is 13.8. The van der Waals surface area contributed by atoms with Crippen molar-refractivity contribution in [2.45, 2.75) is 50.5 Å². The van der Waals surface area contributed by atoms with Gasteiger partial charge in [-0.1, -0.05) is 55.7 Å². The number of ether oxygens (including phenoxy) is 1. The van der Waals surface area contributed by atoms with E-state index in [2.05, 4.69) is 47.1 Å². The summed E-state index contributed by atoms with van der Waals surface area (Å²) in [4.78, 5) is 30.3. The number of rotatable bonds is 3. The number of morpholine rings is 1. The molecule has 2 unspecified atom stereocenters. The number of allylic oxidation sites excluding steroid dienone is 5. The van der Waals surface area contributed by atoms with Gasteiger partial charge in [0.2, 0.25) is 0 Å². The highest BCUT2D eigenvalue weighted by Gasteiger charge is 2.36. The fourth-order valence-corrected chi connectivity index (χ4v) is 6.76. The van der Waals surface area contributed by atoms with Gasteiger partial charge in [-0.05, 0) is 36.5 Å². The molecule has 2 atom stereocenters. The van der Waals surface area contributed by atoms with E-state index in [0.29, 0.717) is 44.3 Å². The molecule has 2 aromatic rings. The molecule has 1 aromatic heterocycles. The summed E-state index contributed by atoms with van der Waals surface area (Å²) in [5, 5.41) is 1.25. The summed E-state index contributed by atoms with van der Waals surface area (Å²) >= 11 is 0. The van der Waals surface area contributed by atoms with Gasteiger partial charge in [-0.15, -0.1) is 0 Å². The molecule has 3 heterocycles. The zero-order valence-electron chi connectivity index (χ0n) is 22.0. The number of benzene rings is 1. The molecule has 1 saturated carbocycles. The molecule has 6 heteroatoms. The fraction of sp³-hybridized carbons (Fsp3) is 0.484. The average Bonchev–Trinajstić information content (AvgIpc) is 3.15. The van der Waals surface area contributed by atoms with Crippen LogP contribution in [-0.2, 0) is 16.1 Å². The van der Waals surface area contributed by atoms with Gasteiger partial charge in [-0.2, -0.15) is 0 Å². The first kappa shape index (κ1) is 24.2. The molecule has 2 fully saturated rings. The van der Waals surface area contributed by atoms with Gasteiger partial charge in [0.05, 0.1) is 19.8 Å². The average molecular weight is 500 g/mol. The van der Waals surface area contributed by atoms with Gasteiger partial charge in [0.15, 0.2) is 0 Å². The van der Waals surface area contributed by atoms with E-state index in [1.165, 1.54) is 48.7 Å². The Kier molecular flexibility index (Phi) is 6.53. The van der Waals surface area contributed by atoms with Gasteiger partial charge in [-0.3, -0.25) is 9.59 Å². The maximum atomic E-state index is 13.8. The third-order valence-corrected chi connectivity index (χ3v) is 8.60. The van der Waals surface area contributed by atoms with E-state index in [-0.39, 0.29) is 23.7 Å². The standard InChI is InChI=1S/C31H37N3O3/c1-32(2)30(35)23-12-13-26-27(19-23)34-20-24(31(36)33-14-16-37-17-15-33)18-22-10-6-7-11-25(22)29(34)28(26)21-8-4-3-5-9-21/h6-7,10-13,18-19,21-22,25H,3-5,8-9,14-17,20H2,1-2H3. The van der Waals surface area contributed by atoms with Crippen molar-refractivity contribution in [2.24, 2.45) is 5.92 Å². The van der Waals surface area contributed by atoms with Crippen LogP contribution in [0, 0.1) is 5.92 Å². The molecule has 0 N–H and O–H groups in total. The van der Waals surface area contributed by atoms with Crippen molar-refractivity contribution >= 4 is 22.7 Å². The summed E-state index contributed by atoms with van der Waals surface area (Å²) in [5.74, 6) is 0.945. The summed E-state index contributed by atoms with van der Waals surface area (Å²) < 4.78 is 7.89. The van der Waals surface area contributed by atoms with Gasteiger partial charge in [0, 0.05) is 66.8 Å². The summed E-state index contributed by atoms with van der Waals surface area (Å²) in [6, 6.07) is 6.22. The Hall–Kier alpha value is -3.12. The molecule has 1 aromatic carbocycles. The minimum absolute atomic E-state index is 0.00354. The quantitative estimate of drug-likeness (QED) is 0.596. The second-order valence-electron chi connectivity index (χ2n) is 11.1. The van der Waals surface area contributed by atoms with E-state index in [1.807, 2.05) is 11.0 Å². The predicted octanol–water partition coefficient (Wildman–Crippen LogP) is 5.02. The van der Waals surface area contributed by atoms with Crippen molar-refractivity contribution in [1.82, 2.24) is 14.4 Å². The van der Waals surface area contributed by atoms with Crippen LogP contribution in [0.4, 0.5) is 0 Å². The van der Waals surface area contributed by atoms with E-state index in [9.17, 15) is 9.59 Å². The highest BCUT2D eigenvalue weighted by molar-refractivity contribution is 6.00. The molecule has 0 radical (unpaired) electrons. The number of nitrogens with zero attached hydrogens (tertiary/aromatic N) is 3. The number of hydrogen-bond acceptors (Lipinski definition) is 3. The Balaban J connectivity index is 1.54. The smallest absolute Gasteiger partial charge is 0.253 e. The number of amides is 2. The highest BCUT2D eigenvalue weighted by Crippen LogP contribution is 2.47. The lowest BCUT2D eigenvalue weighted by Crippen LogP contribution is -2.42.